The fourth-order valence-electron chi connectivity index (χ4n) is 5.93. The van der Waals surface area contributed by atoms with Crippen LogP contribution in [0.5, 0.6) is 5.75 Å². The van der Waals surface area contributed by atoms with E-state index in [-0.39, 0.29) is 41.4 Å². The third kappa shape index (κ3) is 4.27. The fourth-order valence-corrected chi connectivity index (χ4v) is 5.93. The van der Waals surface area contributed by atoms with Gasteiger partial charge in [0, 0.05) is 13.0 Å². The molecule has 1 aromatic carbocycles. The number of carbonyl (C=O) groups excluding carboxylic acids is 2. The Morgan fingerprint density at radius 1 is 1.16 bits per heavy atom. The molecule has 0 aromatic heterocycles. The van der Waals surface area contributed by atoms with Crippen LogP contribution in [0.25, 0.3) is 6.08 Å². The monoisotopic (exact) mass is 437 g/mol. The molecule has 1 N–H and O–H groups in total. The molecule has 4 rings (SSSR count). The number of carbonyl (C=O) groups is 2. The van der Waals surface area contributed by atoms with Gasteiger partial charge < -0.3 is 9.84 Å². The van der Waals surface area contributed by atoms with Gasteiger partial charge in [-0.1, -0.05) is 56.0 Å². The Kier molecular flexibility index (Phi) is 6.85. The molecule has 1 aliphatic carbocycles. The number of aromatic hydroxyl groups is 1. The van der Waals surface area contributed by atoms with Crippen LogP contribution in [0.15, 0.2) is 41.0 Å². The number of amides is 2. The normalized spacial score (nSPS) is 27.8. The Balaban J connectivity index is 1.55. The number of fused-ring (bicyclic) bond motifs is 3. The largest absolute Gasteiger partial charge is 0.508 e. The summed E-state index contributed by atoms with van der Waals surface area (Å²) in [6.45, 7) is 4.89. The second kappa shape index (κ2) is 9.62. The molecule has 2 heterocycles. The summed E-state index contributed by atoms with van der Waals surface area (Å²) in [4.78, 5) is 26.9. The van der Waals surface area contributed by atoms with E-state index in [1.807, 2.05) is 12.1 Å². The summed E-state index contributed by atoms with van der Waals surface area (Å²) in [6.07, 6.45) is 8.81. The van der Waals surface area contributed by atoms with Gasteiger partial charge in [-0.3, -0.25) is 14.5 Å². The lowest BCUT2D eigenvalue weighted by molar-refractivity contribution is -0.138. The molecule has 172 valence electrons. The third-order valence-corrected chi connectivity index (χ3v) is 7.32. The highest BCUT2D eigenvalue weighted by atomic mass is 16.5. The van der Waals surface area contributed by atoms with E-state index in [0.717, 1.165) is 44.1 Å². The van der Waals surface area contributed by atoms with Gasteiger partial charge in [-0.15, -0.1) is 0 Å². The average Bonchev–Trinajstić information content (AvgIpc) is 3.28. The van der Waals surface area contributed by atoms with E-state index in [1.54, 1.807) is 19.2 Å². The zero-order chi connectivity index (χ0) is 22.8. The van der Waals surface area contributed by atoms with Gasteiger partial charge in [0.05, 0.1) is 24.5 Å². The van der Waals surface area contributed by atoms with Crippen molar-refractivity contribution >= 4 is 17.9 Å². The molecule has 2 aliphatic heterocycles. The molecule has 0 radical (unpaired) electrons. The minimum atomic E-state index is -0.244. The van der Waals surface area contributed by atoms with Gasteiger partial charge in [-0.25, -0.2) is 0 Å². The van der Waals surface area contributed by atoms with Crippen molar-refractivity contribution in [3.63, 3.8) is 0 Å². The van der Waals surface area contributed by atoms with Crippen molar-refractivity contribution < 1.29 is 19.4 Å². The number of allylic oxidation sites excluding steroid dienone is 2. The second-order valence-electron chi connectivity index (χ2n) is 9.50. The highest BCUT2D eigenvalue weighted by molar-refractivity contribution is 6.05. The number of likely N-dealkylation sites (tertiary alicyclic amines) is 1. The molecule has 0 saturated carbocycles. The van der Waals surface area contributed by atoms with E-state index < -0.39 is 0 Å². The molecule has 3 aliphatic rings. The predicted molar refractivity (Wildman–Crippen MR) is 125 cm³/mol. The van der Waals surface area contributed by atoms with Crippen molar-refractivity contribution in [2.75, 3.05) is 13.7 Å². The standard InChI is InChI=1S/C27H35NO4/c1-4-7-17(13-18-9-6-10-20(29)14-18)11-12-23-24-19(8-5-2)15-21-25(22(24)16-32-23)27(31)28(3)26(21)30/h6,9-10,13-14,21-23,25,29H,4-5,7-8,11-12,15-16H2,1-3H3/b17-13+/t21-,22+,23-,25-/m1/s1. The summed E-state index contributed by atoms with van der Waals surface area (Å²) in [6, 6.07) is 7.36. The molecule has 0 spiro atoms. The van der Waals surface area contributed by atoms with Crippen LogP contribution < -0.4 is 0 Å². The zero-order valence-corrected chi connectivity index (χ0v) is 19.5. The molecule has 0 bridgehead atoms. The lowest BCUT2D eigenvalue weighted by Gasteiger charge is -2.32. The topological polar surface area (TPSA) is 66.8 Å². The molecule has 2 saturated heterocycles. The zero-order valence-electron chi connectivity index (χ0n) is 19.5. The number of rotatable bonds is 8. The van der Waals surface area contributed by atoms with Crippen LogP contribution in [0.3, 0.4) is 0 Å². The third-order valence-electron chi connectivity index (χ3n) is 7.32. The first-order valence-electron chi connectivity index (χ1n) is 12.1. The highest BCUT2D eigenvalue weighted by Gasteiger charge is 2.55. The Morgan fingerprint density at radius 2 is 1.97 bits per heavy atom. The van der Waals surface area contributed by atoms with E-state index in [0.29, 0.717) is 13.0 Å². The molecule has 0 unspecified atom stereocenters. The van der Waals surface area contributed by atoms with Crippen LogP contribution in [0.2, 0.25) is 0 Å². The number of imide groups is 1. The van der Waals surface area contributed by atoms with Gasteiger partial charge in [0.1, 0.15) is 5.75 Å². The van der Waals surface area contributed by atoms with Crippen molar-refractivity contribution in [3.05, 3.63) is 46.5 Å². The lowest BCUT2D eigenvalue weighted by Crippen LogP contribution is -2.34. The molecule has 5 heteroatoms. The predicted octanol–water partition coefficient (Wildman–Crippen LogP) is 5.10. The van der Waals surface area contributed by atoms with Crippen LogP contribution in [0, 0.1) is 17.8 Å². The minimum absolute atomic E-state index is 0.0182. The Labute approximate surface area is 191 Å². The first kappa shape index (κ1) is 22.8. The maximum atomic E-state index is 12.8. The minimum Gasteiger partial charge on any atom is -0.508 e. The smallest absolute Gasteiger partial charge is 0.233 e. The van der Waals surface area contributed by atoms with E-state index in [9.17, 15) is 14.7 Å². The van der Waals surface area contributed by atoms with E-state index >= 15 is 0 Å². The van der Waals surface area contributed by atoms with Crippen LogP contribution in [0.4, 0.5) is 0 Å². The number of phenolic OH excluding ortho intramolecular Hbond substituents is 1. The molecular formula is C27H35NO4. The van der Waals surface area contributed by atoms with Gasteiger partial charge in [0.25, 0.3) is 0 Å². The van der Waals surface area contributed by atoms with E-state index in [4.69, 9.17) is 4.74 Å². The highest BCUT2D eigenvalue weighted by Crippen LogP contribution is 2.50. The van der Waals surface area contributed by atoms with Crippen molar-refractivity contribution in [3.8, 4) is 5.75 Å². The maximum Gasteiger partial charge on any atom is 0.233 e. The summed E-state index contributed by atoms with van der Waals surface area (Å²) in [5, 5.41) is 9.79. The Hall–Kier alpha value is -2.40. The van der Waals surface area contributed by atoms with Crippen molar-refractivity contribution in [2.45, 2.75) is 64.9 Å². The number of ether oxygens (including phenoxy) is 1. The number of hydrogen-bond donors (Lipinski definition) is 1. The Bertz CT molecular complexity index is 947. The van der Waals surface area contributed by atoms with Crippen molar-refractivity contribution in [2.24, 2.45) is 17.8 Å². The van der Waals surface area contributed by atoms with Crippen LogP contribution in [-0.2, 0) is 14.3 Å². The number of nitrogens with zero attached hydrogens (tertiary/aromatic N) is 1. The number of benzene rings is 1. The van der Waals surface area contributed by atoms with Crippen LogP contribution in [-0.4, -0.2) is 41.6 Å². The number of hydrogen-bond acceptors (Lipinski definition) is 4. The molecular weight excluding hydrogens is 402 g/mol. The Morgan fingerprint density at radius 3 is 2.69 bits per heavy atom. The quantitative estimate of drug-likeness (QED) is 0.454. The SMILES string of the molecule is CCCC1=C2[C@@H](CC/C(=C/c3cccc(O)c3)CCC)OC[C@@H]2[C@@H]2C(=O)N(C)C(=O)[C@@H]2C1. The van der Waals surface area contributed by atoms with Gasteiger partial charge in [0.2, 0.25) is 11.8 Å². The molecule has 32 heavy (non-hydrogen) atoms. The summed E-state index contributed by atoms with van der Waals surface area (Å²) in [5.41, 5.74) is 5.04. The van der Waals surface area contributed by atoms with Gasteiger partial charge in [0.15, 0.2) is 0 Å². The van der Waals surface area contributed by atoms with E-state index in [1.165, 1.54) is 21.6 Å². The first-order valence-corrected chi connectivity index (χ1v) is 12.1. The first-order chi connectivity index (χ1) is 15.4. The van der Waals surface area contributed by atoms with Gasteiger partial charge in [-0.05, 0) is 55.4 Å². The lowest BCUT2D eigenvalue weighted by atomic mass is 9.68. The molecule has 4 atom stereocenters. The van der Waals surface area contributed by atoms with Crippen molar-refractivity contribution in [1.82, 2.24) is 4.90 Å². The molecule has 2 amide bonds. The molecule has 5 nitrogen and oxygen atoms in total. The van der Waals surface area contributed by atoms with Crippen LogP contribution >= 0.6 is 0 Å². The summed E-state index contributed by atoms with van der Waals surface area (Å²) >= 11 is 0. The fraction of sp³-hybridized carbons (Fsp3) is 0.556. The molecule has 1 aromatic rings. The molecule has 2 fully saturated rings. The van der Waals surface area contributed by atoms with Gasteiger partial charge >= 0.3 is 0 Å². The second-order valence-corrected chi connectivity index (χ2v) is 9.50. The summed E-state index contributed by atoms with van der Waals surface area (Å²) < 4.78 is 6.29. The average molecular weight is 438 g/mol. The number of phenols is 1. The summed E-state index contributed by atoms with van der Waals surface area (Å²) in [7, 11) is 1.62. The maximum absolute atomic E-state index is 12.8. The summed E-state index contributed by atoms with van der Waals surface area (Å²) in [5.74, 6) is -0.166. The van der Waals surface area contributed by atoms with E-state index in [2.05, 4.69) is 19.9 Å². The van der Waals surface area contributed by atoms with Crippen molar-refractivity contribution in [1.29, 1.82) is 0 Å². The van der Waals surface area contributed by atoms with Crippen LogP contribution in [0.1, 0.15) is 64.4 Å². The van der Waals surface area contributed by atoms with Gasteiger partial charge in [-0.2, -0.15) is 0 Å².